The molecule has 0 unspecified atom stereocenters. The summed E-state index contributed by atoms with van der Waals surface area (Å²) in [5.74, 6) is -0.185. The molecule has 3 N–H and O–H groups in total. The highest BCUT2D eigenvalue weighted by molar-refractivity contribution is 5.86. The predicted molar refractivity (Wildman–Crippen MR) is 90.7 cm³/mol. The average Bonchev–Trinajstić information content (AvgIpc) is 3.02. The van der Waals surface area contributed by atoms with Gasteiger partial charge in [0.25, 0.3) is 0 Å². The highest BCUT2D eigenvalue weighted by Gasteiger charge is 2.38. The standard InChI is InChI=1S/C19H24N2O/c20-18(22)19(12-3-4-13-19)21-14-6-10-16-9-5-8-15-7-1-2-11-17(15)16/h1-2,5,7-9,11,21H,3-4,6,10,12-14H2,(H2,20,22). The lowest BCUT2D eigenvalue weighted by Gasteiger charge is -2.26. The molecular weight excluding hydrogens is 272 g/mol. The van der Waals surface area contributed by atoms with Crippen molar-refractivity contribution in [3.63, 3.8) is 0 Å². The number of carbonyl (C=O) groups is 1. The van der Waals surface area contributed by atoms with Crippen molar-refractivity contribution in [2.45, 2.75) is 44.1 Å². The number of rotatable bonds is 6. The van der Waals surface area contributed by atoms with Gasteiger partial charge in [0.2, 0.25) is 5.91 Å². The lowest BCUT2D eigenvalue weighted by atomic mass is 9.96. The SMILES string of the molecule is NC(=O)C1(NCCCc2cccc3ccccc23)CCCC1. The molecule has 2 aromatic rings. The Labute approximate surface area is 131 Å². The average molecular weight is 296 g/mol. The molecule has 3 heteroatoms. The molecule has 22 heavy (non-hydrogen) atoms. The van der Waals surface area contributed by atoms with Crippen molar-refractivity contribution in [1.29, 1.82) is 0 Å². The van der Waals surface area contributed by atoms with Crippen LogP contribution in [0.3, 0.4) is 0 Å². The maximum Gasteiger partial charge on any atom is 0.237 e. The van der Waals surface area contributed by atoms with Gasteiger partial charge in [-0.2, -0.15) is 0 Å². The van der Waals surface area contributed by atoms with Crippen LogP contribution in [0.2, 0.25) is 0 Å². The molecule has 1 amide bonds. The van der Waals surface area contributed by atoms with Crippen molar-refractivity contribution in [3.8, 4) is 0 Å². The number of aryl methyl sites for hydroxylation is 1. The van der Waals surface area contributed by atoms with E-state index in [0.717, 1.165) is 45.1 Å². The molecule has 1 aliphatic carbocycles. The lowest BCUT2D eigenvalue weighted by Crippen LogP contribution is -2.53. The van der Waals surface area contributed by atoms with Gasteiger partial charge in [-0.3, -0.25) is 4.79 Å². The summed E-state index contributed by atoms with van der Waals surface area (Å²) in [5, 5.41) is 6.06. The smallest absolute Gasteiger partial charge is 0.237 e. The summed E-state index contributed by atoms with van der Waals surface area (Å²) in [4.78, 5) is 11.7. The summed E-state index contributed by atoms with van der Waals surface area (Å²) in [5.41, 5.74) is 6.53. The highest BCUT2D eigenvalue weighted by atomic mass is 16.1. The molecule has 3 nitrogen and oxygen atoms in total. The van der Waals surface area contributed by atoms with Gasteiger partial charge in [-0.15, -0.1) is 0 Å². The molecule has 0 heterocycles. The molecule has 1 aliphatic rings. The molecule has 0 bridgehead atoms. The van der Waals surface area contributed by atoms with Crippen LogP contribution in [-0.2, 0) is 11.2 Å². The van der Waals surface area contributed by atoms with Crippen LogP contribution >= 0.6 is 0 Å². The molecule has 1 fully saturated rings. The van der Waals surface area contributed by atoms with Gasteiger partial charge in [0.05, 0.1) is 5.54 Å². The van der Waals surface area contributed by atoms with Crippen LogP contribution in [0.1, 0.15) is 37.7 Å². The number of nitrogens with two attached hydrogens (primary N) is 1. The fraction of sp³-hybridized carbons (Fsp3) is 0.421. The fourth-order valence-corrected chi connectivity index (χ4v) is 3.61. The minimum atomic E-state index is -0.446. The van der Waals surface area contributed by atoms with Crippen molar-refractivity contribution in [3.05, 3.63) is 48.0 Å². The van der Waals surface area contributed by atoms with Crippen molar-refractivity contribution < 1.29 is 4.79 Å². The van der Waals surface area contributed by atoms with E-state index in [-0.39, 0.29) is 5.91 Å². The Morgan fingerprint density at radius 3 is 2.59 bits per heavy atom. The van der Waals surface area contributed by atoms with Crippen LogP contribution in [-0.4, -0.2) is 18.0 Å². The molecule has 1 saturated carbocycles. The van der Waals surface area contributed by atoms with Crippen molar-refractivity contribution in [1.82, 2.24) is 5.32 Å². The third-order valence-corrected chi connectivity index (χ3v) is 4.89. The minimum absolute atomic E-state index is 0.185. The maximum absolute atomic E-state index is 11.7. The van der Waals surface area contributed by atoms with Gasteiger partial charge in [0, 0.05) is 0 Å². The number of benzene rings is 2. The van der Waals surface area contributed by atoms with E-state index in [2.05, 4.69) is 47.8 Å². The molecule has 116 valence electrons. The van der Waals surface area contributed by atoms with E-state index >= 15 is 0 Å². The van der Waals surface area contributed by atoms with Crippen molar-refractivity contribution in [2.75, 3.05) is 6.54 Å². The zero-order chi connectivity index (χ0) is 15.4. The van der Waals surface area contributed by atoms with Gasteiger partial charge >= 0.3 is 0 Å². The first-order valence-electron chi connectivity index (χ1n) is 8.23. The quantitative estimate of drug-likeness (QED) is 0.805. The zero-order valence-corrected chi connectivity index (χ0v) is 13.0. The number of carbonyl (C=O) groups excluding carboxylic acids is 1. The van der Waals surface area contributed by atoms with Crippen LogP contribution in [0.25, 0.3) is 10.8 Å². The van der Waals surface area contributed by atoms with E-state index in [0.29, 0.717) is 0 Å². The fourth-order valence-electron chi connectivity index (χ4n) is 3.61. The van der Waals surface area contributed by atoms with Crippen LogP contribution in [0, 0.1) is 0 Å². The molecule has 0 radical (unpaired) electrons. The predicted octanol–water partition coefficient (Wildman–Crippen LogP) is 3.16. The summed E-state index contributed by atoms with van der Waals surface area (Å²) in [6.07, 6.45) is 6.00. The van der Waals surface area contributed by atoms with Crippen LogP contribution in [0.15, 0.2) is 42.5 Å². The topological polar surface area (TPSA) is 55.1 Å². The Bertz CT molecular complexity index is 654. The first kappa shape index (κ1) is 15.0. The summed E-state index contributed by atoms with van der Waals surface area (Å²) in [6.45, 7) is 0.839. The van der Waals surface area contributed by atoms with Crippen LogP contribution in [0.4, 0.5) is 0 Å². The Morgan fingerprint density at radius 1 is 1.09 bits per heavy atom. The number of nitrogens with one attached hydrogen (secondary N) is 1. The molecule has 0 aliphatic heterocycles. The third kappa shape index (κ3) is 3.00. The molecule has 0 saturated heterocycles. The van der Waals surface area contributed by atoms with Crippen molar-refractivity contribution >= 4 is 16.7 Å². The molecular formula is C19H24N2O. The largest absolute Gasteiger partial charge is 0.368 e. The second-order valence-corrected chi connectivity index (χ2v) is 6.32. The van der Waals surface area contributed by atoms with Gasteiger partial charge in [-0.25, -0.2) is 0 Å². The minimum Gasteiger partial charge on any atom is -0.368 e. The van der Waals surface area contributed by atoms with Crippen molar-refractivity contribution in [2.24, 2.45) is 5.73 Å². The Hall–Kier alpha value is -1.87. The van der Waals surface area contributed by atoms with Gasteiger partial charge in [-0.05, 0) is 48.6 Å². The lowest BCUT2D eigenvalue weighted by molar-refractivity contribution is -0.124. The number of primary amides is 1. The van der Waals surface area contributed by atoms with E-state index < -0.39 is 5.54 Å². The van der Waals surface area contributed by atoms with E-state index in [9.17, 15) is 4.79 Å². The second kappa shape index (κ2) is 6.49. The molecule has 3 rings (SSSR count). The first-order chi connectivity index (χ1) is 10.7. The van der Waals surface area contributed by atoms with Gasteiger partial charge in [0.1, 0.15) is 0 Å². The van der Waals surface area contributed by atoms with Gasteiger partial charge < -0.3 is 11.1 Å². The van der Waals surface area contributed by atoms with E-state index in [1.807, 2.05) is 0 Å². The summed E-state index contributed by atoms with van der Waals surface area (Å²) in [6, 6.07) is 15.0. The zero-order valence-electron chi connectivity index (χ0n) is 13.0. The van der Waals surface area contributed by atoms with Gasteiger partial charge in [-0.1, -0.05) is 55.3 Å². The van der Waals surface area contributed by atoms with Crippen LogP contribution in [0.5, 0.6) is 0 Å². The van der Waals surface area contributed by atoms with Crippen LogP contribution < -0.4 is 11.1 Å². The highest BCUT2D eigenvalue weighted by Crippen LogP contribution is 2.29. The summed E-state index contributed by atoms with van der Waals surface area (Å²) in [7, 11) is 0. The van der Waals surface area contributed by atoms with E-state index in [1.54, 1.807) is 0 Å². The monoisotopic (exact) mass is 296 g/mol. The number of amides is 1. The molecule has 0 spiro atoms. The Morgan fingerprint density at radius 2 is 1.82 bits per heavy atom. The number of fused-ring (bicyclic) bond motifs is 1. The number of hydrogen-bond acceptors (Lipinski definition) is 2. The first-order valence-corrected chi connectivity index (χ1v) is 8.23. The maximum atomic E-state index is 11.7. The molecule has 2 aromatic carbocycles. The summed E-state index contributed by atoms with van der Waals surface area (Å²) >= 11 is 0. The number of hydrogen-bond donors (Lipinski definition) is 2. The Kier molecular flexibility index (Phi) is 4.44. The molecule has 0 aromatic heterocycles. The normalized spacial score (nSPS) is 16.9. The van der Waals surface area contributed by atoms with E-state index in [1.165, 1.54) is 16.3 Å². The Balaban J connectivity index is 1.60. The van der Waals surface area contributed by atoms with Gasteiger partial charge in [0.15, 0.2) is 0 Å². The van der Waals surface area contributed by atoms with E-state index in [4.69, 9.17) is 5.73 Å². The third-order valence-electron chi connectivity index (χ3n) is 4.89. The second-order valence-electron chi connectivity index (χ2n) is 6.32. The molecule has 0 atom stereocenters. The summed E-state index contributed by atoms with van der Waals surface area (Å²) < 4.78 is 0.